The van der Waals surface area contributed by atoms with E-state index in [9.17, 15) is 0 Å². The number of ether oxygens (including phenoxy) is 2. The first-order valence-electron chi connectivity index (χ1n) is 5.20. The highest BCUT2D eigenvalue weighted by Crippen LogP contribution is 2.32. The summed E-state index contributed by atoms with van der Waals surface area (Å²) in [6.45, 7) is 1.93. The van der Waals surface area contributed by atoms with Crippen molar-refractivity contribution in [3.8, 4) is 11.5 Å². The first-order chi connectivity index (χ1) is 7.62. The molecule has 1 aromatic carbocycles. The molecule has 4 nitrogen and oxygen atoms in total. The SMILES string of the molecule is COc1cc(CC(N)CO)cc(C)c1OC. The van der Waals surface area contributed by atoms with Crippen LogP contribution in [0.3, 0.4) is 0 Å². The van der Waals surface area contributed by atoms with E-state index in [1.54, 1.807) is 14.2 Å². The minimum absolute atomic E-state index is 0.0204. The van der Waals surface area contributed by atoms with E-state index in [-0.39, 0.29) is 12.6 Å². The van der Waals surface area contributed by atoms with Crippen LogP contribution in [0.2, 0.25) is 0 Å². The van der Waals surface area contributed by atoms with Gasteiger partial charge in [0.25, 0.3) is 0 Å². The van der Waals surface area contributed by atoms with Crippen molar-refractivity contribution in [3.63, 3.8) is 0 Å². The molecule has 1 rings (SSSR count). The summed E-state index contributed by atoms with van der Waals surface area (Å²) in [6, 6.07) is 3.65. The molecule has 4 heteroatoms. The summed E-state index contributed by atoms with van der Waals surface area (Å²) in [6.07, 6.45) is 0.623. The van der Waals surface area contributed by atoms with Crippen molar-refractivity contribution in [2.75, 3.05) is 20.8 Å². The number of hydrogen-bond acceptors (Lipinski definition) is 4. The number of aliphatic hydroxyl groups is 1. The van der Waals surface area contributed by atoms with Gasteiger partial charge >= 0.3 is 0 Å². The molecular weight excluding hydrogens is 206 g/mol. The van der Waals surface area contributed by atoms with Gasteiger partial charge in [-0.25, -0.2) is 0 Å². The molecule has 0 fully saturated rings. The third-order valence-corrected chi connectivity index (χ3v) is 2.46. The predicted molar refractivity (Wildman–Crippen MR) is 63.0 cm³/mol. The highest BCUT2D eigenvalue weighted by Gasteiger charge is 2.11. The Morgan fingerprint density at radius 3 is 2.50 bits per heavy atom. The third-order valence-electron chi connectivity index (χ3n) is 2.46. The van der Waals surface area contributed by atoms with Gasteiger partial charge < -0.3 is 20.3 Å². The van der Waals surface area contributed by atoms with Gasteiger partial charge in [-0.15, -0.1) is 0 Å². The predicted octanol–water partition coefficient (Wildman–Crippen LogP) is 0.874. The fourth-order valence-corrected chi connectivity index (χ4v) is 1.71. The molecule has 0 aliphatic rings. The molecule has 3 N–H and O–H groups in total. The van der Waals surface area contributed by atoms with E-state index in [0.717, 1.165) is 16.9 Å². The number of nitrogens with two attached hydrogens (primary N) is 1. The average Bonchev–Trinajstić information content (AvgIpc) is 2.28. The van der Waals surface area contributed by atoms with Crippen molar-refractivity contribution < 1.29 is 14.6 Å². The molecule has 16 heavy (non-hydrogen) atoms. The summed E-state index contributed by atoms with van der Waals surface area (Å²) in [5.74, 6) is 1.44. The Hall–Kier alpha value is -1.26. The van der Waals surface area contributed by atoms with E-state index in [1.165, 1.54) is 0 Å². The monoisotopic (exact) mass is 225 g/mol. The highest BCUT2D eigenvalue weighted by molar-refractivity contribution is 5.49. The van der Waals surface area contributed by atoms with Crippen molar-refractivity contribution in [3.05, 3.63) is 23.3 Å². The standard InChI is InChI=1S/C12H19NO3/c1-8-4-9(5-10(13)7-14)6-11(15-2)12(8)16-3/h4,6,10,14H,5,7,13H2,1-3H3. The van der Waals surface area contributed by atoms with Crippen LogP contribution in [0.5, 0.6) is 11.5 Å². The van der Waals surface area contributed by atoms with E-state index < -0.39 is 0 Å². The fraction of sp³-hybridized carbons (Fsp3) is 0.500. The van der Waals surface area contributed by atoms with Crippen LogP contribution in [0.1, 0.15) is 11.1 Å². The van der Waals surface area contributed by atoms with E-state index in [2.05, 4.69) is 0 Å². The van der Waals surface area contributed by atoms with Crippen LogP contribution in [0, 0.1) is 6.92 Å². The number of benzene rings is 1. The maximum Gasteiger partial charge on any atom is 0.163 e. The second kappa shape index (κ2) is 5.72. The Morgan fingerprint density at radius 1 is 1.31 bits per heavy atom. The molecule has 0 aliphatic heterocycles. The molecular formula is C12H19NO3. The summed E-state index contributed by atoms with van der Waals surface area (Å²) in [5, 5.41) is 8.91. The molecule has 0 bridgehead atoms. The van der Waals surface area contributed by atoms with Crippen LogP contribution in [0.15, 0.2) is 12.1 Å². The number of methoxy groups -OCH3 is 2. The van der Waals surface area contributed by atoms with Crippen molar-refractivity contribution in [1.29, 1.82) is 0 Å². The minimum atomic E-state index is -0.238. The second-order valence-electron chi connectivity index (χ2n) is 3.80. The first kappa shape index (κ1) is 12.8. The molecule has 0 heterocycles. The number of hydrogen-bond donors (Lipinski definition) is 2. The van der Waals surface area contributed by atoms with Crippen molar-refractivity contribution in [1.82, 2.24) is 0 Å². The largest absolute Gasteiger partial charge is 0.493 e. The van der Waals surface area contributed by atoms with Crippen LogP contribution in [0.4, 0.5) is 0 Å². The lowest BCUT2D eigenvalue weighted by Crippen LogP contribution is -2.26. The van der Waals surface area contributed by atoms with Crippen molar-refractivity contribution in [2.45, 2.75) is 19.4 Å². The molecule has 1 atom stereocenters. The summed E-state index contributed by atoms with van der Waals surface area (Å²) >= 11 is 0. The first-order valence-corrected chi connectivity index (χ1v) is 5.20. The van der Waals surface area contributed by atoms with Crippen LogP contribution in [-0.2, 0) is 6.42 Å². The highest BCUT2D eigenvalue weighted by atomic mass is 16.5. The van der Waals surface area contributed by atoms with Gasteiger partial charge in [-0.1, -0.05) is 6.07 Å². The lowest BCUT2D eigenvalue weighted by Gasteiger charge is -2.14. The zero-order valence-corrected chi connectivity index (χ0v) is 9.99. The van der Waals surface area contributed by atoms with Crippen LogP contribution in [0.25, 0.3) is 0 Å². The molecule has 0 spiro atoms. The summed E-state index contributed by atoms with van der Waals surface area (Å²) in [4.78, 5) is 0. The molecule has 0 amide bonds. The number of rotatable bonds is 5. The summed E-state index contributed by atoms with van der Waals surface area (Å²) in [5.41, 5.74) is 7.74. The van der Waals surface area contributed by atoms with Crippen molar-refractivity contribution >= 4 is 0 Å². The quantitative estimate of drug-likeness (QED) is 0.780. The third kappa shape index (κ3) is 2.87. The molecule has 0 saturated carbocycles. The minimum Gasteiger partial charge on any atom is -0.493 e. The Kier molecular flexibility index (Phi) is 4.58. The molecule has 90 valence electrons. The molecule has 0 saturated heterocycles. The fourth-order valence-electron chi connectivity index (χ4n) is 1.71. The smallest absolute Gasteiger partial charge is 0.163 e. The molecule has 0 aromatic heterocycles. The summed E-state index contributed by atoms with van der Waals surface area (Å²) < 4.78 is 10.5. The van der Waals surface area contributed by atoms with E-state index in [4.69, 9.17) is 20.3 Å². The van der Waals surface area contributed by atoms with E-state index in [1.807, 2.05) is 19.1 Å². The van der Waals surface area contributed by atoms with Gasteiger partial charge in [0.15, 0.2) is 11.5 Å². The van der Waals surface area contributed by atoms with Gasteiger partial charge in [0, 0.05) is 6.04 Å². The van der Waals surface area contributed by atoms with Gasteiger partial charge in [-0.05, 0) is 30.5 Å². The van der Waals surface area contributed by atoms with E-state index >= 15 is 0 Å². The lowest BCUT2D eigenvalue weighted by molar-refractivity contribution is 0.265. The Labute approximate surface area is 96.0 Å². The van der Waals surface area contributed by atoms with Gasteiger partial charge in [0.05, 0.1) is 20.8 Å². The zero-order chi connectivity index (χ0) is 12.1. The molecule has 1 aromatic rings. The Morgan fingerprint density at radius 2 is 2.00 bits per heavy atom. The number of aryl methyl sites for hydroxylation is 1. The molecule has 0 radical (unpaired) electrons. The maximum atomic E-state index is 8.91. The lowest BCUT2D eigenvalue weighted by atomic mass is 10.0. The topological polar surface area (TPSA) is 64.7 Å². The summed E-state index contributed by atoms with van der Waals surface area (Å²) in [7, 11) is 3.22. The van der Waals surface area contributed by atoms with Gasteiger partial charge in [0.2, 0.25) is 0 Å². The van der Waals surface area contributed by atoms with Crippen LogP contribution >= 0.6 is 0 Å². The van der Waals surface area contributed by atoms with Gasteiger partial charge in [-0.3, -0.25) is 0 Å². The van der Waals surface area contributed by atoms with Crippen molar-refractivity contribution in [2.24, 2.45) is 5.73 Å². The van der Waals surface area contributed by atoms with Crippen LogP contribution < -0.4 is 15.2 Å². The van der Waals surface area contributed by atoms with Gasteiger partial charge in [0.1, 0.15) is 0 Å². The van der Waals surface area contributed by atoms with Gasteiger partial charge in [-0.2, -0.15) is 0 Å². The Balaban J connectivity index is 3.00. The van der Waals surface area contributed by atoms with E-state index in [0.29, 0.717) is 12.2 Å². The zero-order valence-electron chi connectivity index (χ0n) is 9.99. The van der Waals surface area contributed by atoms with Crippen LogP contribution in [-0.4, -0.2) is 32.0 Å². The maximum absolute atomic E-state index is 8.91. The number of aliphatic hydroxyl groups excluding tert-OH is 1. The molecule has 1 unspecified atom stereocenters. The average molecular weight is 225 g/mol. The Bertz CT molecular complexity index is 352. The normalized spacial score (nSPS) is 12.3. The second-order valence-corrected chi connectivity index (χ2v) is 3.80. The molecule has 0 aliphatic carbocycles.